The molecule has 0 aliphatic carbocycles. The Morgan fingerprint density at radius 2 is 2.00 bits per heavy atom. The van der Waals surface area contributed by atoms with E-state index in [0.717, 1.165) is 31.8 Å². The Labute approximate surface area is 85.8 Å². The quantitative estimate of drug-likeness (QED) is 0.614. The van der Waals surface area contributed by atoms with Crippen molar-refractivity contribution in [1.29, 1.82) is 0 Å². The first-order chi connectivity index (χ1) is 6.79. The average molecular weight is 196 g/mol. The number of hydrogen-bond acceptors (Lipinski definition) is 3. The van der Waals surface area contributed by atoms with Gasteiger partial charge in [0.25, 0.3) is 0 Å². The lowest BCUT2D eigenvalue weighted by molar-refractivity contribution is -0.0210. The van der Waals surface area contributed by atoms with Crippen LogP contribution in [0.5, 0.6) is 0 Å². The predicted octanol–water partition coefficient (Wildman–Crippen LogP) is 0.602. The van der Waals surface area contributed by atoms with Gasteiger partial charge in [0, 0.05) is 24.2 Å². The third-order valence-corrected chi connectivity index (χ3v) is 4.36. The molecule has 0 aromatic carbocycles. The minimum absolute atomic E-state index is 0.330. The van der Waals surface area contributed by atoms with Gasteiger partial charge in [-0.3, -0.25) is 0 Å². The average Bonchev–Trinajstić information content (AvgIpc) is 2.45. The van der Waals surface area contributed by atoms with Crippen molar-refractivity contribution in [3.8, 4) is 0 Å². The van der Waals surface area contributed by atoms with Gasteiger partial charge < -0.3 is 15.0 Å². The molecule has 3 fully saturated rings. The maximum atomic E-state index is 5.64. The number of rotatable bonds is 0. The van der Waals surface area contributed by atoms with Crippen LogP contribution in [0.4, 0.5) is 0 Å². The third-order valence-electron chi connectivity index (χ3n) is 4.36. The number of ether oxygens (including phenoxy) is 1. The number of hydrogen-bond donors (Lipinski definition) is 1. The van der Waals surface area contributed by atoms with E-state index in [2.05, 4.69) is 17.3 Å². The summed E-state index contributed by atoms with van der Waals surface area (Å²) < 4.78 is 5.64. The van der Waals surface area contributed by atoms with Crippen LogP contribution in [0.25, 0.3) is 0 Å². The second kappa shape index (κ2) is 3.19. The van der Waals surface area contributed by atoms with Gasteiger partial charge in [-0.05, 0) is 32.7 Å². The van der Waals surface area contributed by atoms with Crippen molar-refractivity contribution >= 4 is 0 Å². The van der Waals surface area contributed by atoms with Gasteiger partial charge in [0.1, 0.15) is 0 Å². The zero-order valence-corrected chi connectivity index (χ0v) is 8.96. The molecule has 3 saturated heterocycles. The number of nitrogens with one attached hydrogen (secondary N) is 1. The molecule has 3 heteroatoms. The normalized spacial score (nSPS) is 48.6. The summed E-state index contributed by atoms with van der Waals surface area (Å²) in [5, 5.41) is 3.70. The van der Waals surface area contributed by atoms with Gasteiger partial charge in [-0.2, -0.15) is 0 Å². The minimum atomic E-state index is 0.330. The lowest BCUT2D eigenvalue weighted by Gasteiger charge is -2.47. The Hall–Kier alpha value is -0.120. The van der Waals surface area contributed by atoms with Crippen LogP contribution in [0.1, 0.15) is 25.7 Å². The Balaban J connectivity index is 1.77. The van der Waals surface area contributed by atoms with Crippen molar-refractivity contribution < 1.29 is 4.74 Å². The Kier molecular flexibility index (Phi) is 2.08. The van der Waals surface area contributed by atoms with Gasteiger partial charge in [-0.1, -0.05) is 0 Å². The van der Waals surface area contributed by atoms with Crippen molar-refractivity contribution in [3.05, 3.63) is 0 Å². The van der Waals surface area contributed by atoms with Crippen LogP contribution in [0.15, 0.2) is 0 Å². The van der Waals surface area contributed by atoms with E-state index in [0.29, 0.717) is 5.54 Å². The number of morpholine rings is 1. The number of nitrogens with zero attached hydrogens (tertiary/aromatic N) is 1. The molecule has 1 N–H and O–H groups in total. The molecular weight excluding hydrogens is 176 g/mol. The van der Waals surface area contributed by atoms with Gasteiger partial charge in [0.2, 0.25) is 0 Å². The van der Waals surface area contributed by atoms with Crippen LogP contribution in [0.3, 0.4) is 0 Å². The highest BCUT2D eigenvalue weighted by molar-refractivity contribution is 5.05. The minimum Gasteiger partial charge on any atom is -0.378 e. The van der Waals surface area contributed by atoms with Crippen molar-refractivity contribution in [2.75, 3.05) is 26.8 Å². The number of fused-ring (bicyclic) bond motifs is 2. The second-order valence-corrected chi connectivity index (χ2v) is 5.22. The van der Waals surface area contributed by atoms with Crippen LogP contribution in [-0.2, 0) is 4.74 Å². The Bertz CT molecular complexity index is 209. The molecule has 3 heterocycles. The lowest BCUT2D eigenvalue weighted by atomic mass is 9.83. The van der Waals surface area contributed by atoms with E-state index in [4.69, 9.17) is 4.74 Å². The van der Waals surface area contributed by atoms with E-state index >= 15 is 0 Å². The fraction of sp³-hybridized carbons (Fsp3) is 1.00. The molecule has 2 atom stereocenters. The van der Waals surface area contributed by atoms with Crippen LogP contribution in [0, 0.1) is 0 Å². The van der Waals surface area contributed by atoms with Crippen LogP contribution < -0.4 is 5.32 Å². The number of piperidine rings is 1. The van der Waals surface area contributed by atoms with E-state index in [-0.39, 0.29) is 0 Å². The molecule has 0 aromatic rings. The van der Waals surface area contributed by atoms with Crippen LogP contribution >= 0.6 is 0 Å². The van der Waals surface area contributed by atoms with Crippen molar-refractivity contribution in [2.45, 2.75) is 43.3 Å². The van der Waals surface area contributed by atoms with Crippen molar-refractivity contribution in [2.24, 2.45) is 0 Å². The monoisotopic (exact) mass is 196 g/mol. The van der Waals surface area contributed by atoms with Gasteiger partial charge in [-0.15, -0.1) is 0 Å². The molecule has 2 bridgehead atoms. The topological polar surface area (TPSA) is 24.5 Å². The summed E-state index contributed by atoms with van der Waals surface area (Å²) in [5.74, 6) is 0. The summed E-state index contributed by atoms with van der Waals surface area (Å²) >= 11 is 0. The summed E-state index contributed by atoms with van der Waals surface area (Å²) in [6, 6.07) is 1.62. The zero-order valence-electron chi connectivity index (χ0n) is 8.96. The predicted molar refractivity (Wildman–Crippen MR) is 55.4 cm³/mol. The van der Waals surface area contributed by atoms with Crippen LogP contribution in [0.2, 0.25) is 0 Å². The largest absolute Gasteiger partial charge is 0.378 e. The van der Waals surface area contributed by atoms with E-state index in [9.17, 15) is 0 Å². The lowest BCUT2D eigenvalue weighted by Crippen LogP contribution is -2.61. The fourth-order valence-corrected chi connectivity index (χ4v) is 3.54. The highest BCUT2D eigenvalue weighted by Crippen LogP contribution is 2.40. The first kappa shape index (κ1) is 9.13. The molecule has 1 spiro atoms. The van der Waals surface area contributed by atoms with Gasteiger partial charge in [0.05, 0.1) is 13.2 Å². The Morgan fingerprint density at radius 1 is 1.29 bits per heavy atom. The van der Waals surface area contributed by atoms with E-state index in [1.54, 1.807) is 0 Å². The first-order valence-electron chi connectivity index (χ1n) is 5.84. The van der Waals surface area contributed by atoms with E-state index < -0.39 is 0 Å². The summed E-state index contributed by atoms with van der Waals surface area (Å²) in [6.07, 6.45) is 5.37. The molecule has 3 nitrogen and oxygen atoms in total. The molecule has 3 aliphatic rings. The summed E-state index contributed by atoms with van der Waals surface area (Å²) in [5.41, 5.74) is 0.330. The molecule has 0 radical (unpaired) electrons. The van der Waals surface area contributed by atoms with Crippen molar-refractivity contribution in [3.63, 3.8) is 0 Å². The van der Waals surface area contributed by atoms with Gasteiger partial charge in [0.15, 0.2) is 0 Å². The maximum absolute atomic E-state index is 5.64. The Morgan fingerprint density at radius 3 is 2.57 bits per heavy atom. The van der Waals surface area contributed by atoms with E-state index in [1.165, 1.54) is 25.7 Å². The maximum Gasteiger partial charge on any atom is 0.0650 e. The SMILES string of the molecule is CN1C2CCC1CC1(COCCN1)C2. The molecule has 3 aliphatic heterocycles. The molecule has 0 aromatic heterocycles. The van der Waals surface area contributed by atoms with Gasteiger partial charge >= 0.3 is 0 Å². The fourth-order valence-electron chi connectivity index (χ4n) is 3.54. The highest BCUT2D eigenvalue weighted by Gasteiger charge is 2.47. The second-order valence-electron chi connectivity index (χ2n) is 5.22. The molecule has 2 unspecified atom stereocenters. The molecular formula is C11H20N2O. The van der Waals surface area contributed by atoms with Gasteiger partial charge in [-0.25, -0.2) is 0 Å². The molecule has 0 saturated carbocycles. The van der Waals surface area contributed by atoms with E-state index in [1.807, 2.05) is 0 Å². The molecule has 3 rings (SSSR count). The summed E-state index contributed by atoms with van der Waals surface area (Å²) in [7, 11) is 2.29. The molecule has 0 amide bonds. The standard InChI is InChI=1S/C11H20N2O/c1-13-9-2-3-10(13)7-11(6-9)8-14-5-4-12-11/h9-10,12H,2-8H2,1H3. The summed E-state index contributed by atoms with van der Waals surface area (Å²) in [6.45, 7) is 2.88. The molecule has 80 valence electrons. The first-order valence-corrected chi connectivity index (χ1v) is 5.84. The molecule has 14 heavy (non-hydrogen) atoms. The van der Waals surface area contributed by atoms with Crippen molar-refractivity contribution in [1.82, 2.24) is 10.2 Å². The summed E-state index contributed by atoms with van der Waals surface area (Å²) in [4.78, 5) is 2.58. The third kappa shape index (κ3) is 1.30. The van der Waals surface area contributed by atoms with Crippen LogP contribution in [-0.4, -0.2) is 49.3 Å². The highest BCUT2D eigenvalue weighted by atomic mass is 16.5. The smallest absolute Gasteiger partial charge is 0.0650 e. The zero-order chi connectivity index (χ0) is 9.60.